The number of nitrogens with zero attached hydrogens (tertiary/aromatic N) is 5. The zero-order valence-electron chi connectivity index (χ0n) is 19.4. The van der Waals surface area contributed by atoms with E-state index in [0.717, 1.165) is 30.6 Å². The van der Waals surface area contributed by atoms with E-state index < -0.39 is 17.8 Å². The summed E-state index contributed by atoms with van der Waals surface area (Å²) in [5.41, 5.74) is 0.414. The van der Waals surface area contributed by atoms with Crippen molar-refractivity contribution < 1.29 is 14.0 Å². The van der Waals surface area contributed by atoms with Gasteiger partial charge in [-0.05, 0) is 65.2 Å². The van der Waals surface area contributed by atoms with Gasteiger partial charge in [0, 0.05) is 16.6 Å². The van der Waals surface area contributed by atoms with Gasteiger partial charge in [0.05, 0.1) is 4.88 Å². The summed E-state index contributed by atoms with van der Waals surface area (Å²) in [6, 6.07) is 12.2. The van der Waals surface area contributed by atoms with Crippen molar-refractivity contribution in [1.82, 2.24) is 25.5 Å². The lowest BCUT2D eigenvalue weighted by atomic mass is 9.95. The molecular weight excluding hydrogens is 499 g/mol. The van der Waals surface area contributed by atoms with Crippen LogP contribution in [0.15, 0.2) is 59.3 Å². The molecule has 0 aliphatic heterocycles. The minimum absolute atomic E-state index is 0.0734. The third kappa shape index (κ3) is 5.52. The lowest BCUT2D eigenvalue weighted by molar-refractivity contribution is -0.127. The smallest absolute Gasteiger partial charge is 0.251 e. The maximum Gasteiger partial charge on any atom is 0.251 e. The zero-order chi connectivity index (χ0) is 24.9. The zero-order valence-corrected chi connectivity index (χ0v) is 21.1. The van der Waals surface area contributed by atoms with Crippen LogP contribution in [-0.4, -0.2) is 38.1 Å². The van der Waals surface area contributed by atoms with E-state index in [1.165, 1.54) is 63.1 Å². The fourth-order valence-corrected chi connectivity index (χ4v) is 5.86. The number of hydrogen-bond donors (Lipinski definition) is 1. The molecule has 0 saturated heterocycles. The van der Waals surface area contributed by atoms with Crippen LogP contribution in [0.5, 0.6) is 0 Å². The Balaban J connectivity index is 1.46. The van der Waals surface area contributed by atoms with Gasteiger partial charge in [0.1, 0.15) is 18.4 Å². The highest BCUT2D eigenvalue weighted by Gasteiger charge is 2.35. The molecule has 186 valence electrons. The summed E-state index contributed by atoms with van der Waals surface area (Å²) in [5, 5.41) is 19.4. The molecule has 1 N–H and O–H groups in total. The third-order valence-electron chi connectivity index (χ3n) is 6.12. The van der Waals surface area contributed by atoms with E-state index in [0.29, 0.717) is 16.4 Å². The number of amides is 2. The number of aromatic nitrogens is 4. The van der Waals surface area contributed by atoms with E-state index in [1.807, 2.05) is 35.0 Å². The molecule has 5 rings (SSSR count). The second-order valence-corrected chi connectivity index (χ2v) is 10.5. The number of tetrazole rings is 1. The van der Waals surface area contributed by atoms with Gasteiger partial charge in [0.25, 0.3) is 5.91 Å². The molecule has 8 nitrogen and oxygen atoms in total. The minimum Gasteiger partial charge on any atom is -0.351 e. The summed E-state index contributed by atoms with van der Waals surface area (Å²) >= 11 is 2.87. The number of rotatable bonds is 8. The molecule has 0 bridgehead atoms. The van der Waals surface area contributed by atoms with E-state index in [4.69, 9.17) is 0 Å². The number of benzene rings is 1. The summed E-state index contributed by atoms with van der Waals surface area (Å²) in [5.74, 6) is -0.665. The molecule has 1 saturated carbocycles. The number of carbonyl (C=O) groups excluding carboxylic acids is 2. The molecule has 11 heteroatoms. The Hall–Kier alpha value is -3.44. The van der Waals surface area contributed by atoms with Gasteiger partial charge < -0.3 is 5.32 Å². The Morgan fingerprint density at radius 1 is 1.06 bits per heavy atom. The quantitative estimate of drug-likeness (QED) is 0.357. The van der Waals surface area contributed by atoms with Crippen molar-refractivity contribution in [3.8, 4) is 10.7 Å². The highest BCUT2D eigenvalue weighted by Crippen LogP contribution is 2.32. The Labute approximate surface area is 215 Å². The molecular formula is C25H25FN6O2S2. The average molecular weight is 525 g/mol. The van der Waals surface area contributed by atoms with Crippen molar-refractivity contribution in [2.75, 3.05) is 4.90 Å². The molecule has 1 atom stereocenters. The highest BCUT2D eigenvalue weighted by atomic mass is 32.1. The maximum atomic E-state index is 13.8. The normalized spacial score (nSPS) is 14.9. The Morgan fingerprint density at radius 3 is 2.50 bits per heavy atom. The summed E-state index contributed by atoms with van der Waals surface area (Å²) in [7, 11) is 0. The third-order valence-corrected chi connectivity index (χ3v) is 7.91. The number of anilines is 1. The van der Waals surface area contributed by atoms with Gasteiger partial charge in [-0.15, -0.1) is 32.9 Å². The van der Waals surface area contributed by atoms with E-state index >= 15 is 0 Å². The van der Waals surface area contributed by atoms with Crippen molar-refractivity contribution in [1.29, 1.82) is 0 Å². The molecule has 1 aliphatic carbocycles. The molecule has 3 heterocycles. The second-order valence-electron chi connectivity index (χ2n) is 8.62. The van der Waals surface area contributed by atoms with Gasteiger partial charge in [-0.3, -0.25) is 14.5 Å². The number of carbonyl (C=O) groups is 2. The molecule has 3 aromatic heterocycles. The van der Waals surface area contributed by atoms with Crippen LogP contribution in [0.25, 0.3) is 10.7 Å². The van der Waals surface area contributed by atoms with E-state index in [2.05, 4.69) is 20.7 Å². The summed E-state index contributed by atoms with van der Waals surface area (Å²) < 4.78 is 13.8. The van der Waals surface area contributed by atoms with Crippen LogP contribution in [0.1, 0.15) is 43.0 Å². The fraction of sp³-hybridized carbons (Fsp3) is 0.320. The van der Waals surface area contributed by atoms with Gasteiger partial charge in [-0.25, -0.2) is 4.39 Å². The largest absolute Gasteiger partial charge is 0.351 e. The molecule has 1 aromatic carbocycles. The summed E-state index contributed by atoms with van der Waals surface area (Å²) in [4.78, 5) is 31.6. The van der Waals surface area contributed by atoms with Gasteiger partial charge in [-0.1, -0.05) is 31.4 Å². The molecule has 4 aromatic rings. The van der Waals surface area contributed by atoms with Crippen LogP contribution in [0.3, 0.4) is 0 Å². The van der Waals surface area contributed by atoms with E-state index in [-0.39, 0.29) is 18.5 Å². The SMILES string of the molecule is O=C(NC1CCCCC1)C(c1cccs1)N(C(=O)Cn1nnc(-c2cccs2)n1)c1ccc(F)cc1. The number of hydrogen-bond acceptors (Lipinski definition) is 7. The first kappa shape index (κ1) is 24.3. The minimum atomic E-state index is -0.912. The summed E-state index contributed by atoms with van der Waals surface area (Å²) in [6.45, 7) is -0.228. The number of thiophene rings is 2. The fourth-order valence-electron chi connectivity index (χ4n) is 4.40. The van der Waals surface area contributed by atoms with Crippen LogP contribution >= 0.6 is 22.7 Å². The second kappa shape index (κ2) is 11.1. The number of halogens is 1. The highest BCUT2D eigenvalue weighted by molar-refractivity contribution is 7.13. The maximum absolute atomic E-state index is 13.8. The molecule has 0 spiro atoms. The Kier molecular flexibility index (Phi) is 7.47. The molecule has 1 fully saturated rings. The predicted octanol–water partition coefficient (Wildman–Crippen LogP) is 4.83. The standard InChI is InChI=1S/C25H25FN6O2S2/c26-17-10-12-19(13-11-17)32(22(33)16-31-29-24(28-30-31)21-9-5-15-36-21)23(20-8-4-14-35-20)25(34)27-18-6-2-1-3-7-18/h4-5,8-15,18,23H,1-3,6-7,16H2,(H,27,34). The van der Waals surface area contributed by atoms with Crippen LogP contribution in [0, 0.1) is 5.82 Å². The first-order valence-electron chi connectivity index (χ1n) is 11.8. The lowest BCUT2D eigenvalue weighted by Crippen LogP contribution is -2.48. The van der Waals surface area contributed by atoms with E-state index in [9.17, 15) is 14.0 Å². The van der Waals surface area contributed by atoms with Crippen LogP contribution < -0.4 is 10.2 Å². The van der Waals surface area contributed by atoms with Crippen LogP contribution in [0.4, 0.5) is 10.1 Å². The van der Waals surface area contributed by atoms with Gasteiger partial charge in [-0.2, -0.15) is 4.80 Å². The topological polar surface area (TPSA) is 93.0 Å². The number of nitrogens with one attached hydrogen (secondary N) is 1. The summed E-state index contributed by atoms with van der Waals surface area (Å²) in [6.07, 6.45) is 5.14. The van der Waals surface area contributed by atoms with Crippen molar-refractivity contribution in [3.05, 3.63) is 70.0 Å². The van der Waals surface area contributed by atoms with Crippen molar-refractivity contribution in [2.45, 2.75) is 50.7 Å². The first-order valence-corrected chi connectivity index (χ1v) is 13.6. The predicted molar refractivity (Wildman–Crippen MR) is 137 cm³/mol. The molecule has 1 aliphatic rings. The average Bonchev–Trinajstić information content (AvgIpc) is 3.67. The monoisotopic (exact) mass is 524 g/mol. The lowest BCUT2D eigenvalue weighted by Gasteiger charge is -2.32. The van der Waals surface area contributed by atoms with Crippen molar-refractivity contribution in [3.63, 3.8) is 0 Å². The molecule has 2 amide bonds. The van der Waals surface area contributed by atoms with Crippen LogP contribution in [-0.2, 0) is 16.1 Å². The van der Waals surface area contributed by atoms with Crippen LogP contribution in [0.2, 0.25) is 0 Å². The Morgan fingerprint density at radius 2 is 1.81 bits per heavy atom. The van der Waals surface area contributed by atoms with Gasteiger partial charge in [0.15, 0.2) is 0 Å². The van der Waals surface area contributed by atoms with Gasteiger partial charge >= 0.3 is 0 Å². The molecule has 1 unspecified atom stereocenters. The first-order chi connectivity index (χ1) is 17.6. The van der Waals surface area contributed by atoms with Crippen molar-refractivity contribution >= 4 is 40.2 Å². The van der Waals surface area contributed by atoms with Gasteiger partial charge in [0.2, 0.25) is 11.7 Å². The molecule has 36 heavy (non-hydrogen) atoms. The van der Waals surface area contributed by atoms with E-state index in [1.54, 1.807) is 0 Å². The Bertz CT molecular complexity index is 1280. The van der Waals surface area contributed by atoms with Crippen molar-refractivity contribution in [2.24, 2.45) is 0 Å². The molecule has 0 radical (unpaired) electrons.